The number of aliphatic hydroxyl groups is 2. The van der Waals surface area contributed by atoms with Gasteiger partial charge in [-0.3, -0.25) is 9.69 Å². The molecular formula is C21H19N5O3. The van der Waals surface area contributed by atoms with Crippen LogP contribution in [0.25, 0.3) is 16.7 Å². The van der Waals surface area contributed by atoms with Crippen molar-refractivity contribution in [1.82, 2.24) is 19.7 Å². The number of carbonyl (C=O) groups excluding carboxylic acids is 1. The quantitative estimate of drug-likeness (QED) is 0.541. The average Bonchev–Trinajstić information content (AvgIpc) is 3.40. The van der Waals surface area contributed by atoms with Gasteiger partial charge in [-0.2, -0.15) is 5.10 Å². The van der Waals surface area contributed by atoms with Crippen molar-refractivity contribution in [3.05, 3.63) is 53.9 Å². The number of likely N-dealkylation sites (tertiary alicyclic amines) is 1. The van der Waals surface area contributed by atoms with Crippen LogP contribution in [0.5, 0.6) is 0 Å². The summed E-state index contributed by atoms with van der Waals surface area (Å²) in [6.45, 7) is 0. The van der Waals surface area contributed by atoms with E-state index in [1.807, 2.05) is 12.1 Å². The first-order valence-corrected chi connectivity index (χ1v) is 9.29. The third-order valence-corrected chi connectivity index (χ3v) is 5.80. The second-order valence-electron chi connectivity index (χ2n) is 7.57. The number of aliphatic hydroxyl groups excluding tert-OH is 1. The third-order valence-electron chi connectivity index (χ3n) is 5.80. The van der Waals surface area contributed by atoms with Crippen LogP contribution in [-0.2, 0) is 0 Å². The number of fused-ring (bicyclic) bond motifs is 2. The maximum Gasteiger partial charge on any atom is 0.269 e. The molecule has 2 aliphatic rings. The Morgan fingerprint density at radius 3 is 2.90 bits per heavy atom. The molecule has 4 atom stereocenters. The summed E-state index contributed by atoms with van der Waals surface area (Å²) in [6.07, 6.45) is 1.45. The lowest BCUT2D eigenvalue weighted by Gasteiger charge is -2.27. The molecule has 0 radical (unpaired) electrons. The molecule has 5 rings (SSSR count). The van der Waals surface area contributed by atoms with Crippen molar-refractivity contribution in [2.24, 2.45) is 11.7 Å². The molecule has 0 bridgehead atoms. The van der Waals surface area contributed by atoms with E-state index >= 15 is 0 Å². The van der Waals surface area contributed by atoms with E-state index in [1.54, 1.807) is 47.1 Å². The van der Waals surface area contributed by atoms with Crippen molar-refractivity contribution in [3.63, 3.8) is 0 Å². The van der Waals surface area contributed by atoms with E-state index in [2.05, 4.69) is 21.9 Å². The van der Waals surface area contributed by atoms with E-state index in [4.69, 9.17) is 5.73 Å². The van der Waals surface area contributed by atoms with Gasteiger partial charge < -0.3 is 15.9 Å². The van der Waals surface area contributed by atoms with E-state index in [0.717, 1.165) is 6.42 Å². The molecule has 3 aromatic rings. The third kappa shape index (κ3) is 2.63. The van der Waals surface area contributed by atoms with Gasteiger partial charge in [0.1, 0.15) is 6.23 Å². The normalized spacial score (nSPS) is 28.0. The van der Waals surface area contributed by atoms with Crippen LogP contribution < -0.4 is 5.73 Å². The van der Waals surface area contributed by atoms with Crippen LogP contribution in [0, 0.1) is 17.8 Å². The molecule has 1 aliphatic heterocycles. The molecule has 1 saturated carbocycles. The first kappa shape index (κ1) is 17.8. The molecule has 1 unspecified atom stereocenters. The Balaban J connectivity index is 1.54. The van der Waals surface area contributed by atoms with Gasteiger partial charge in [0.25, 0.3) is 5.91 Å². The van der Waals surface area contributed by atoms with Crippen molar-refractivity contribution in [3.8, 4) is 17.5 Å². The standard InChI is InChI=1S/C21H19N5O3/c1-25-16-11-15(16)21(29,20(25)28)8-7-12-4-2-5-13(10-12)26-19-14(6-3-9-23-19)17(24-26)18(22)27/h2-6,9-10,15-16,20,28-29H,11H2,1H3,(H2,22,27)/t15-,16+,20?,21+/m0/s1. The average molecular weight is 389 g/mol. The topological polar surface area (TPSA) is 118 Å². The smallest absolute Gasteiger partial charge is 0.269 e. The number of hydrogen-bond donors (Lipinski definition) is 3. The molecule has 29 heavy (non-hydrogen) atoms. The van der Waals surface area contributed by atoms with Crippen molar-refractivity contribution < 1.29 is 15.0 Å². The number of hydrogen-bond acceptors (Lipinski definition) is 6. The molecule has 1 saturated heterocycles. The molecule has 1 amide bonds. The fourth-order valence-electron chi connectivity index (χ4n) is 4.15. The number of piperidine rings is 1. The van der Waals surface area contributed by atoms with E-state index in [1.165, 1.54) is 0 Å². The number of nitrogens with zero attached hydrogens (tertiary/aromatic N) is 4. The van der Waals surface area contributed by atoms with E-state index in [0.29, 0.717) is 22.3 Å². The van der Waals surface area contributed by atoms with Gasteiger partial charge in [0.05, 0.1) is 11.1 Å². The van der Waals surface area contributed by atoms with Gasteiger partial charge >= 0.3 is 0 Å². The highest BCUT2D eigenvalue weighted by Gasteiger charge is 2.65. The van der Waals surface area contributed by atoms with Crippen molar-refractivity contribution in [1.29, 1.82) is 0 Å². The zero-order chi connectivity index (χ0) is 20.3. The maximum atomic E-state index is 11.7. The van der Waals surface area contributed by atoms with Crippen LogP contribution >= 0.6 is 0 Å². The Morgan fingerprint density at radius 2 is 2.17 bits per heavy atom. The Hall–Kier alpha value is -3.25. The fourth-order valence-corrected chi connectivity index (χ4v) is 4.15. The van der Waals surface area contributed by atoms with Crippen LogP contribution in [0.3, 0.4) is 0 Å². The van der Waals surface area contributed by atoms with Gasteiger partial charge in [-0.25, -0.2) is 9.67 Å². The molecule has 1 aromatic carbocycles. The SMILES string of the molecule is CN1C(O)[C@@](O)(C#Cc2cccc(-n3nc(C(N)=O)c4cccnc43)c2)[C@H]2C[C@H]21. The zero-order valence-electron chi connectivity index (χ0n) is 15.6. The highest BCUT2D eigenvalue weighted by atomic mass is 16.4. The number of carbonyl (C=O) groups is 1. The van der Waals surface area contributed by atoms with Crippen LogP contribution in [0.15, 0.2) is 42.6 Å². The summed E-state index contributed by atoms with van der Waals surface area (Å²) in [7, 11) is 1.79. The largest absolute Gasteiger partial charge is 0.374 e. The van der Waals surface area contributed by atoms with Gasteiger partial charge in [0.15, 0.2) is 16.9 Å². The fraction of sp³-hybridized carbons (Fsp3) is 0.286. The summed E-state index contributed by atoms with van der Waals surface area (Å²) >= 11 is 0. The summed E-state index contributed by atoms with van der Waals surface area (Å²) in [6, 6.07) is 10.9. The number of amides is 1. The second kappa shape index (κ2) is 6.12. The summed E-state index contributed by atoms with van der Waals surface area (Å²) in [5, 5.41) is 26.1. The van der Waals surface area contributed by atoms with E-state index in [9.17, 15) is 15.0 Å². The van der Waals surface area contributed by atoms with Gasteiger partial charge in [-0.05, 0) is 43.8 Å². The first-order valence-electron chi connectivity index (χ1n) is 9.29. The van der Waals surface area contributed by atoms with Crippen LogP contribution in [0.2, 0.25) is 0 Å². The molecule has 3 heterocycles. The van der Waals surface area contributed by atoms with Crippen molar-refractivity contribution >= 4 is 16.9 Å². The van der Waals surface area contributed by atoms with Gasteiger partial charge in [0.2, 0.25) is 0 Å². The summed E-state index contributed by atoms with van der Waals surface area (Å²) < 4.78 is 1.55. The number of nitrogens with two attached hydrogens (primary N) is 1. The minimum atomic E-state index is -1.44. The number of pyridine rings is 1. The Morgan fingerprint density at radius 1 is 1.34 bits per heavy atom. The number of likely N-dealkylation sites (N-methyl/N-ethyl adjacent to an activating group) is 1. The van der Waals surface area contributed by atoms with Crippen molar-refractivity contribution in [2.45, 2.75) is 24.3 Å². The van der Waals surface area contributed by atoms with Crippen LogP contribution in [-0.4, -0.2) is 60.7 Å². The molecular weight excluding hydrogens is 370 g/mol. The van der Waals surface area contributed by atoms with E-state index in [-0.39, 0.29) is 17.7 Å². The van der Waals surface area contributed by atoms with Gasteiger partial charge in [-0.15, -0.1) is 0 Å². The van der Waals surface area contributed by atoms with Gasteiger partial charge in [-0.1, -0.05) is 17.9 Å². The van der Waals surface area contributed by atoms with E-state index < -0.39 is 17.7 Å². The highest BCUT2D eigenvalue weighted by molar-refractivity contribution is 6.03. The summed E-state index contributed by atoms with van der Waals surface area (Å²) in [5.41, 5.74) is 5.99. The number of aromatic nitrogens is 3. The molecule has 2 aromatic heterocycles. The molecule has 146 valence electrons. The van der Waals surface area contributed by atoms with Crippen LogP contribution in [0.1, 0.15) is 22.5 Å². The van der Waals surface area contributed by atoms with Crippen molar-refractivity contribution in [2.75, 3.05) is 7.05 Å². The number of rotatable bonds is 2. The summed E-state index contributed by atoms with van der Waals surface area (Å²) in [5.74, 6) is 5.20. The molecule has 0 spiro atoms. The summed E-state index contributed by atoms with van der Waals surface area (Å²) in [4.78, 5) is 17.8. The Kier molecular flexibility index (Phi) is 3.76. The highest BCUT2D eigenvalue weighted by Crippen LogP contribution is 2.52. The lowest BCUT2D eigenvalue weighted by atomic mass is 9.98. The van der Waals surface area contributed by atoms with Crippen LogP contribution in [0.4, 0.5) is 0 Å². The monoisotopic (exact) mass is 389 g/mol. The number of primary amides is 1. The molecule has 2 fully saturated rings. The Bertz CT molecular complexity index is 1210. The molecule has 8 heteroatoms. The Labute approximate surface area is 166 Å². The molecule has 8 nitrogen and oxygen atoms in total. The minimum Gasteiger partial charge on any atom is -0.374 e. The predicted octanol–water partition coefficient (Wildman–Crippen LogP) is 0.254. The predicted molar refractivity (Wildman–Crippen MR) is 105 cm³/mol. The molecule has 4 N–H and O–H groups in total. The maximum absolute atomic E-state index is 11.7. The number of benzene rings is 1. The lowest BCUT2D eigenvalue weighted by molar-refractivity contribution is -0.0860. The lowest BCUT2D eigenvalue weighted by Crippen LogP contribution is -2.46. The minimum absolute atomic E-state index is 0.0319. The first-order chi connectivity index (χ1) is 13.9. The zero-order valence-corrected chi connectivity index (χ0v) is 15.6. The van der Waals surface area contributed by atoms with Gasteiger partial charge in [0, 0.05) is 23.7 Å². The second-order valence-corrected chi connectivity index (χ2v) is 7.57. The molecule has 1 aliphatic carbocycles.